The number of nitrogens with zero attached hydrogens (tertiary/aromatic N) is 4. The van der Waals surface area contributed by atoms with Gasteiger partial charge >= 0.3 is 5.69 Å². The Morgan fingerprint density at radius 3 is 2.52 bits per heavy atom. The number of hydrogen-bond donors (Lipinski definition) is 1. The summed E-state index contributed by atoms with van der Waals surface area (Å²) in [7, 11) is 6.43. The molecule has 3 rings (SSSR count). The van der Waals surface area contributed by atoms with Gasteiger partial charge in [0.25, 0.3) is 5.56 Å². The molecule has 27 heavy (non-hydrogen) atoms. The number of nitrogens with one attached hydrogen (secondary N) is 1. The van der Waals surface area contributed by atoms with E-state index in [2.05, 4.69) is 15.9 Å². The number of aromatic amines is 1. The summed E-state index contributed by atoms with van der Waals surface area (Å²) in [5.74, 6) is 3.83. The number of methoxy groups -OCH3 is 2. The van der Waals surface area contributed by atoms with E-state index in [1.807, 2.05) is 0 Å². The molecule has 2 aromatic heterocycles. The molecule has 0 radical (unpaired) electrons. The highest BCUT2D eigenvalue weighted by molar-refractivity contribution is 5.76. The maximum atomic E-state index is 12.7. The van der Waals surface area contributed by atoms with E-state index in [9.17, 15) is 9.59 Å². The lowest BCUT2D eigenvalue weighted by atomic mass is 10.2. The largest absolute Gasteiger partial charge is 0.493 e. The second-order valence-electron chi connectivity index (χ2n) is 5.89. The van der Waals surface area contributed by atoms with Crippen molar-refractivity contribution in [3.8, 4) is 35.2 Å². The van der Waals surface area contributed by atoms with E-state index in [0.717, 1.165) is 4.57 Å². The first-order valence-electron chi connectivity index (χ1n) is 8.02. The third-order valence-electron chi connectivity index (χ3n) is 4.06. The zero-order valence-corrected chi connectivity index (χ0v) is 15.4. The molecule has 0 aliphatic heterocycles. The van der Waals surface area contributed by atoms with Crippen LogP contribution >= 0.6 is 0 Å². The van der Waals surface area contributed by atoms with Crippen molar-refractivity contribution < 1.29 is 9.47 Å². The van der Waals surface area contributed by atoms with Gasteiger partial charge in [-0.3, -0.25) is 4.79 Å². The first kappa shape index (κ1) is 18.1. The molecule has 3 aromatic rings. The number of rotatable bonds is 5. The molecule has 0 fully saturated rings. The predicted octanol–water partition coefficient (Wildman–Crippen LogP) is 0.401. The highest BCUT2D eigenvalue weighted by Crippen LogP contribution is 2.31. The van der Waals surface area contributed by atoms with Crippen molar-refractivity contribution in [1.82, 2.24) is 19.2 Å². The van der Waals surface area contributed by atoms with Crippen LogP contribution in [-0.2, 0) is 6.54 Å². The van der Waals surface area contributed by atoms with E-state index in [0.29, 0.717) is 22.9 Å². The zero-order valence-electron chi connectivity index (χ0n) is 15.4. The van der Waals surface area contributed by atoms with E-state index in [-0.39, 0.29) is 17.7 Å². The molecule has 0 aliphatic carbocycles. The zero-order chi connectivity index (χ0) is 19.7. The summed E-state index contributed by atoms with van der Waals surface area (Å²) in [6.45, 7) is -0.133. The Labute approximate surface area is 154 Å². The maximum Gasteiger partial charge on any atom is 0.352 e. The summed E-state index contributed by atoms with van der Waals surface area (Å²) in [4.78, 5) is 32.8. The number of fused-ring (bicyclic) bond motifs is 1. The third kappa shape index (κ3) is 2.91. The number of ether oxygens (including phenoxy) is 2. The van der Waals surface area contributed by atoms with Crippen LogP contribution in [0.1, 0.15) is 0 Å². The van der Waals surface area contributed by atoms with Gasteiger partial charge < -0.3 is 19.5 Å². The Morgan fingerprint density at radius 2 is 1.93 bits per heavy atom. The standard InChI is InChI=1S/C18H19N5O4/c1-6-9-22-17(24)14-16(23(18(22)25)21(2)3)20-15(19-14)11-7-8-12(26-4)13(10-11)27-5/h1,7-8,10H,9H2,2-5H3,(H,19,20). The molecule has 1 aromatic carbocycles. The SMILES string of the molecule is C#CCn1c(=O)c2[nH]c(-c3ccc(OC)c(OC)c3)nc2n(N(C)C)c1=O. The van der Waals surface area contributed by atoms with Crippen LogP contribution in [-0.4, -0.2) is 47.5 Å². The lowest BCUT2D eigenvalue weighted by molar-refractivity contribution is 0.355. The minimum atomic E-state index is -0.555. The molecule has 0 bridgehead atoms. The number of H-pyrrole nitrogens is 1. The molecule has 0 atom stereocenters. The van der Waals surface area contributed by atoms with Gasteiger partial charge in [0, 0.05) is 19.7 Å². The number of benzene rings is 1. The molecule has 1 N–H and O–H groups in total. The lowest BCUT2D eigenvalue weighted by Gasteiger charge is -2.17. The summed E-state index contributed by atoms with van der Waals surface area (Å²) in [6.07, 6.45) is 5.30. The fourth-order valence-electron chi connectivity index (χ4n) is 2.80. The van der Waals surface area contributed by atoms with E-state index < -0.39 is 11.2 Å². The van der Waals surface area contributed by atoms with Gasteiger partial charge in [-0.15, -0.1) is 6.42 Å². The topological polar surface area (TPSA) is 94.4 Å². The van der Waals surface area contributed by atoms with Crippen LogP contribution in [0, 0.1) is 12.3 Å². The van der Waals surface area contributed by atoms with E-state index in [1.54, 1.807) is 39.4 Å². The van der Waals surface area contributed by atoms with Crippen LogP contribution in [0.2, 0.25) is 0 Å². The fourth-order valence-corrected chi connectivity index (χ4v) is 2.80. The van der Waals surface area contributed by atoms with Gasteiger partial charge in [0.05, 0.1) is 20.8 Å². The van der Waals surface area contributed by atoms with Crippen molar-refractivity contribution in [3.05, 3.63) is 39.0 Å². The molecular formula is C18H19N5O4. The quantitative estimate of drug-likeness (QED) is 0.655. The van der Waals surface area contributed by atoms with Gasteiger partial charge in [-0.05, 0) is 18.2 Å². The molecule has 0 aliphatic rings. The first-order chi connectivity index (χ1) is 12.9. The molecule has 9 nitrogen and oxygen atoms in total. The molecule has 0 spiro atoms. The normalized spacial score (nSPS) is 10.6. The summed E-state index contributed by atoms with van der Waals surface area (Å²) in [6, 6.07) is 5.24. The third-order valence-corrected chi connectivity index (χ3v) is 4.06. The van der Waals surface area contributed by atoms with Crippen LogP contribution in [0.4, 0.5) is 0 Å². The van der Waals surface area contributed by atoms with Gasteiger partial charge in [-0.25, -0.2) is 14.3 Å². The highest BCUT2D eigenvalue weighted by atomic mass is 16.5. The van der Waals surface area contributed by atoms with E-state index >= 15 is 0 Å². The first-order valence-corrected chi connectivity index (χ1v) is 8.02. The molecule has 0 saturated heterocycles. The second kappa shape index (κ2) is 6.92. The van der Waals surface area contributed by atoms with Crippen LogP contribution < -0.4 is 25.7 Å². The number of hydrogen-bond acceptors (Lipinski definition) is 6. The Balaban J connectivity index is 2.31. The van der Waals surface area contributed by atoms with Crippen LogP contribution in [0.3, 0.4) is 0 Å². The van der Waals surface area contributed by atoms with E-state index in [4.69, 9.17) is 15.9 Å². The smallest absolute Gasteiger partial charge is 0.352 e. The van der Waals surface area contributed by atoms with Crippen LogP contribution in [0.5, 0.6) is 11.5 Å². The van der Waals surface area contributed by atoms with Gasteiger partial charge in [-0.1, -0.05) is 5.92 Å². The summed E-state index contributed by atoms with van der Waals surface area (Å²) in [5, 5.41) is 1.54. The van der Waals surface area contributed by atoms with Gasteiger partial charge in [-0.2, -0.15) is 4.68 Å². The fraction of sp³-hybridized carbons (Fsp3) is 0.278. The van der Waals surface area contributed by atoms with Gasteiger partial charge in [0.1, 0.15) is 5.82 Å². The van der Waals surface area contributed by atoms with Crippen molar-refractivity contribution in [2.24, 2.45) is 0 Å². The Bertz CT molecular complexity index is 1160. The molecule has 0 unspecified atom stereocenters. The molecule has 0 saturated carbocycles. The summed E-state index contributed by atoms with van der Waals surface area (Å²) in [5.41, 5.74) is -0.00742. The van der Waals surface area contributed by atoms with Crippen LogP contribution in [0.25, 0.3) is 22.6 Å². The van der Waals surface area contributed by atoms with Crippen molar-refractivity contribution in [3.63, 3.8) is 0 Å². The Hall–Kier alpha value is -3.67. The molecular weight excluding hydrogens is 350 g/mol. The summed E-state index contributed by atoms with van der Waals surface area (Å²) < 4.78 is 12.8. The van der Waals surface area contributed by atoms with Gasteiger partial charge in [0.15, 0.2) is 22.7 Å². The van der Waals surface area contributed by atoms with Gasteiger partial charge in [0.2, 0.25) is 0 Å². The molecule has 0 amide bonds. The average molecular weight is 369 g/mol. The summed E-state index contributed by atoms with van der Waals surface area (Å²) >= 11 is 0. The highest BCUT2D eigenvalue weighted by Gasteiger charge is 2.19. The maximum absolute atomic E-state index is 12.7. The molecule has 140 valence electrons. The van der Waals surface area contributed by atoms with Crippen molar-refractivity contribution >= 4 is 11.2 Å². The minimum Gasteiger partial charge on any atom is -0.493 e. The van der Waals surface area contributed by atoms with Crippen molar-refractivity contribution in [2.45, 2.75) is 6.54 Å². The van der Waals surface area contributed by atoms with Crippen LogP contribution in [0.15, 0.2) is 27.8 Å². The van der Waals surface area contributed by atoms with Crippen molar-refractivity contribution in [1.29, 1.82) is 0 Å². The van der Waals surface area contributed by atoms with Crippen molar-refractivity contribution in [2.75, 3.05) is 33.3 Å². The average Bonchev–Trinajstić information content (AvgIpc) is 3.09. The molecule has 9 heteroatoms. The lowest BCUT2D eigenvalue weighted by Crippen LogP contribution is -2.46. The Morgan fingerprint density at radius 1 is 1.22 bits per heavy atom. The Kier molecular flexibility index (Phi) is 4.64. The molecule has 2 heterocycles. The number of aromatic nitrogens is 4. The number of imidazole rings is 1. The predicted molar refractivity (Wildman–Crippen MR) is 102 cm³/mol. The second-order valence-corrected chi connectivity index (χ2v) is 5.89. The minimum absolute atomic E-state index is 0.133. The number of terminal acetylenes is 1. The monoisotopic (exact) mass is 369 g/mol. The van der Waals surface area contributed by atoms with E-state index in [1.165, 1.54) is 16.8 Å².